The van der Waals surface area contributed by atoms with Gasteiger partial charge in [-0.05, 0) is 169 Å². The van der Waals surface area contributed by atoms with E-state index in [0.29, 0.717) is 0 Å². The molecule has 0 radical (unpaired) electrons. The molecule has 0 saturated heterocycles. The first-order valence-electron chi connectivity index (χ1n) is 38.0. The Labute approximate surface area is 640 Å². The number of imidazole rings is 2. The van der Waals surface area contributed by atoms with Crippen molar-refractivity contribution in [2.75, 3.05) is 0 Å². The van der Waals surface area contributed by atoms with Gasteiger partial charge < -0.3 is 9.13 Å². The Morgan fingerprint density at radius 2 is 0.600 bits per heavy atom. The number of benzene rings is 16. The van der Waals surface area contributed by atoms with Gasteiger partial charge >= 0.3 is 0 Å². The Morgan fingerprint density at radius 1 is 0.236 bits per heavy atom. The molecule has 0 fully saturated rings. The van der Waals surface area contributed by atoms with Gasteiger partial charge in [-0.2, -0.15) is 0 Å². The third-order valence-electron chi connectivity index (χ3n) is 24.4. The molecule has 7 heterocycles. The molecule has 24 rings (SSSR count). The lowest BCUT2D eigenvalue weighted by molar-refractivity contribution is 0.556. The van der Waals surface area contributed by atoms with Gasteiger partial charge in [-0.3, -0.25) is 9.13 Å². The number of hydrogen-bond donors (Lipinski definition) is 0. The van der Waals surface area contributed by atoms with Crippen molar-refractivity contribution in [3.63, 3.8) is 0 Å². The number of aromatic nitrogens is 6. The molecule has 2 unspecified atom stereocenters. The van der Waals surface area contributed by atoms with Crippen LogP contribution in [0, 0.1) is 0 Å². The van der Waals surface area contributed by atoms with E-state index in [9.17, 15) is 0 Å². The van der Waals surface area contributed by atoms with Crippen LogP contribution < -0.4 is 0 Å². The van der Waals surface area contributed by atoms with Crippen LogP contribution in [0.2, 0.25) is 0 Å². The Balaban J connectivity index is 0.000000132. The lowest BCUT2D eigenvalue weighted by atomic mass is 9.53. The molecule has 2 spiro atoms. The molecular formula is C103H68N6S. The van der Waals surface area contributed by atoms with Gasteiger partial charge in [-0.1, -0.05) is 311 Å². The Hall–Kier alpha value is -13.6. The zero-order chi connectivity index (χ0) is 72.6. The molecular weight excluding hydrogens is 1350 g/mol. The Bertz CT molecular complexity index is 7220. The van der Waals surface area contributed by atoms with E-state index in [2.05, 4.69) is 408 Å². The minimum atomic E-state index is -0.499. The van der Waals surface area contributed by atoms with Crippen molar-refractivity contribution >= 4 is 77.4 Å². The van der Waals surface area contributed by atoms with Crippen LogP contribution in [0.3, 0.4) is 0 Å². The zero-order valence-electron chi connectivity index (χ0n) is 60.4. The fraction of sp³-hybridized carbons (Fsp3) is 0.0485. The van der Waals surface area contributed by atoms with Crippen molar-refractivity contribution < 1.29 is 0 Å². The topological polar surface area (TPSA) is 45.5 Å². The highest BCUT2D eigenvalue weighted by Crippen LogP contribution is 2.63. The summed E-state index contributed by atoms with van der Waals surface area (Å²) in [6.07, 6.45) is 0. The standard InChI is InChI=1S/C53H37N3.C50H31N3S/c1-52(2)40-19-7-8-20-41(40)53(43-21-9-12-25-48(43)56-47-24-11-6-17-38(47)39-18-14-22-44(53)50(39)56)42-32-31-36(33-45(42)52)34-27-29-35(30-28-34)51-54-46-23-10-13-26-49(46)55(51)37-15-4-3-5-16-37;1-2-13-35(14-3-1)52-45-23-10-7-20-42(45)51-49(52)33-27-25-32(26-28-33)34-29-30-40-47(31-34)54-46-24-11-6-18-39(46)50(40)38-17-5-9-22-44(38)53-43-21-8-4-15-36(43)37-16-12-19-41(50)48(37)53/h3-33H,1-2H3;1-31H. The summed E-state index contributed by atoms with van der Waals surface area (Å²) in [5.41, 5.74) is 33.2. The van der Waals surface area contributed by atoms with Crippen LogP contribution in [0.25, 0.3) is 133 Å². The van der Waals surface area contributed by atoms with E-state index >= 15 is 0 Å². The lowest BCUT2D eigenvalue weighted by Crippen LogP contribution is -2.44. The molecule has 4 aliphatic rings. The van der Waals surface area contributed by atoms with Crippen LogP contribution >= 0.6 is 11.8 Å². The van der Waals surface area contributed by atoms with E-state index in [1.165, 1.54) is 143 Å². The molecule has 2 atom stereocenters. The van der Waals surface area contributed by atoms with Gasteiger partial charge in [0.15, 0.2) is 0 Å². The van der Waals surface area contributed by atoms with Crippen LogP contribution in [0.15, 0.2) is 386 Å². The SMILES string of the molecule is CC1(C)c2ccccc2C2(c3ccccc3-n3c4ccccc4c4cccc2c43)c2ccc(-c3ccc(-c4nc5ccccc5n4-c4ccccc4)cc3)cc21.c1ccc(-n2c(-c3ccc(-c4ccc5c(c4)Sc4ccccc4C54c5ccccc5-n5c6ccccc6c6cccc4c65)cc3)nc3ccccc32)cc1. The van der Waals surface area contributed by atoms with Crippen molar-refractivity contribution in [2.45, 2.75) is 39.9 Å². The minimum absolute atomic E-state index is 0.235. The van der Waals surface area contributed by atoms with Crippen molar-refractivity contribution in [2.24, 2.45) is 0 Å². The maximum atomic E-state index is 5.13. The largest absolute Gasteiger partial charge is 0.309 e. The van der Waals surface area contributed by atoms with E-state index in [-0.39, 0.29) is 5.41 Å². The van der Waals surface area contributed by atoms with Gasteiger partial charge in [-0.25, -0.2) is 9.97 Å². The average Bonchev–Trinajstić information content (AvgIpc) is 1.30. The zero-order valence-corrected chi connectivity index (χ0v) is 61.2. The van der Waals surface area contributed by atoms with E-state index in [1.54, 1.807) is 0 Å². The molecule has 0 N–H and O–H groups in total. The highest BCUT2D eigenvalue weighted by Gasteiger charge is 2.53. The second-order valence-corrected chi connectivity index (χ2v) is 31.3. The third-order valence-corrected chi connectivity index (χ3v) is 25.5. The second-order valence-electron chi connectivity index (χ2n) is 30.2. The number of para-hydroxylation sites is 12. The Morgan fingerprint density at radius 3 is 1.14 bits per heavy atom. The van der Waals surface area contributed by atoms with Crippen LogP contribution in [0.4, 0.5) is 0 Å². The molecule has 4 aromatic heterocycles. The predicted molar refractivity (Wildman–Crippen MR) is 453 cm³/mol. The quantitative estimate of drug-likeness (QED) is 0.167. The van der Waals surface area contributed by atoms with Crippen LogP contribution in [-0.2, 0) is 16.2 Å². The van der Waals surface area contributed by atoms with Crippen LogP contribution in [-0.4, -0.2) is 28.2 Å². The smallest absolute Gasteiger partial charge is 0.145 e. The highest BCUT2D eigenvalue weighted by molar-refractivity contribution is 7.99. The Kier molecular flexibility index (Phi) is 13.5. The molecule has 7 heteroatoms. The fourth-order valence-corrected chi connectivity index (χ4v) is 21.0. The normalized spacial score (nSPS) is 15.8. The molecule has 516 valence electrons. The summed E-state index contributed by atoms with van der Waals surface area (Å²) in [5.74, 6) is 1.88. The van der Waals surface area contributed by atoms with Crippen LogP contribution in [0.1, 0.15) is 69.5 Å². The summed E-state index contributed by atoms with van der Waals surface area (Å²) in [6.45, 7) is 4.82. The van der Waals surface area contributed by atoms with Gasteiger partial charge in [0, 0.05) is 59.3 Å². The number of fused-ring (bicyclic) bond motifs is 24. The molecule has 0 amide bonds. The van der Waals surface area contributed by atoms with Gasteiger partial charge in [0.2, 0.25) is 0 Å². The number of hydrogen-bond acceptors (Lipinski definition) is 3. The summed E-state index contributed by atoms with van der Waals surface area (Å²) in [4.78, 5) is 12.8. The third kappa shape index (κ3) is 8.66. The van der Waals surface area contributed by atoms with Gasteiger partial charge in [0.1, 0.15) is 11.6 Å². The molecule has 110 heavy (non-hydrogen) atoms. The molecule has 3 aliphatic heterocycles. The van der Waals surface area contributed by atoms with E-state index < -0.39 is 10.8 Å². The molecule has 0 saturated carbocycles. The maximum Gasteiger partial charge on any atom is 0.145 e. The summed E-state index contributed by atoms with van der Waals surface area (Å²) < 4.78 is 9.56. The highest BCUT2D eigenvalue weighted by atomic mass is 32.2. The monoisotopic (exact) mass is 1420 g/mol. The van der Waals surface area contributed by atoms with Gasteiger partial charge in [0.25, 0.3) is 0 Å². The van der Waals surface area contributed by atoms with E-state index in [0.717, 1.165) is 56.2 Å². The van der Waals surface area contributed by atoms with Crippen molar-refractivity contribution in [3.8, 4) is 67.8 Å². The molecule has 20 aromatic rings. The fourth-order valence-electron chi connectivity index (χ4n) is 19.7. The van der Waals surface area contributed by atoms with E-state index in [1.807, 2.05) is 11.8 Å². The summed E-state index contributed by atoms with van der Waals surface area (Å²) >= 11 is 1.89. The van der Waals surface area contributed by atoms with Crippen molar-refractivity contribution in [1.82, 2.24) is 28.2 Å². The van der Waals surface area contributed by atoms with Gasteiger partial charge in [-0.15, -0.1) is 0 Å². The summed E-state index contributed by atoms with van der Waals surface area (Å²) in [5, 5.41) is 5.18. The molecule has 1 aliphatic carbocycles. The predicted octanol–water partition coefficient (Wildman–Crippen LogP) is 25.4. The van der Waals surface area contributed by atoms with E-state index in [4.69, 9.17) is 9.97 Å². The summed E-state index contributed by atoms with van der Waals surface area (Å²) in [7, 11) is 0. The van der Waals surface area contributed by atoms with Crippen LogP contribution in [0.5, 0.6) is 0 Å². The first kappa shape index (κ1) is 62.6. The number of nitrogens with zero attached hydrogens (tertiary/aromatic N) is 6. The van der Waals surface area contributed by atoms with Crippen molar-refractivity contribution in [3.05, 3.63) is 432 Å². The average molecular weight is 1420 g/mol. The lowest BCUT2D eigenvalue weighted by Gasteiger charge is -2.50. The first-order valence-corrected chi connectivity index (χ1v) is 38.8. The first-order chi connectivity index (χ1) is 54.3. The molecule has 6 nitrogen and oxygen atoms in total. The molecule has 0 bridgehead atoms. The number of rotatable bonds is 6. The van der Waals surface area contributed by atoms with Gasteiger partial charge in [0.05, 0.1) is 66.3 Å². The minimum Gasteiger partial charge on any atom is -0.309 e. The summed E-state index contributed by atoms with van der Waals surface area (Å²) in [6, 6.07) is 138. The second kappa shape index (κ2) is 23.7. The maximum absolute atomic E-state index is 5.13. The van der Waals surface area contributed by atoms with Crippen molar-refractivity contribution in [1.29, 1.82) is 0 Å². The molecule has 16 aromatic carbocycles.